The van der Waals surface area contributed by atoms with Gasteiger partial charge >= 0.3 is 6.33 Å². The summed E-state index contributed by atoms with van der Waals surface area (Å²) in [5.41, 5.74) is 5.12. The summed E-state index contributed by atoms with van der Waals surface area (Å²) in [5, 5.41) is 4.40. The van der Waals surface area contributed by atoms with Crippen LogP contribution in [0.15, 0.2) is 60.8 Å². The fourth-order valence-electron chi connectivity index (χ4n) is 4.47. The number of hydrogen-bond donors (Lipinski definition) is 1. The van der Waals surface area contributed by atoms with E-state index in [0.717, 1.165) is 35.0 Å². The van der Waals surface area contributed by atoms with E-state index in [9.17, 15) is 9.18 Å². The Morgan fingerprint density at radius 2 is 2.00 bits per heavy atom. The van der Waals surface area contributed by atoms with Gasteiger partial charge in [-0.05, 0) is 65.9 Å². The first-order valence-electron chi connectivity index (χ1n) is 12.1. The minimum Gasteiger partial charge on any atom is -0.492 e. The Bertz CT molecular complexity index is 1620. The number of Topliss-reactive ketones (excluding diaryl/α,β-unsaturated/α-hetero) is 1. The number of methoxy groups -OCH3 is 1. The van der Waals surface area contributed by atoms with E-state index < -0.39 is 5.82 Å². The second-order valence-electron chi connectivity index (χ2n) is 9.23. The molecule has 0 radical (unpaired) electrons. The van der Waals surface area contributed by atoms with Crippen molar-refractivity contribution in [3.63, 3.8) is 0 Å². The van der Waals surface area contributed by atoms with Gasteiger partial charge in [-0.25, -0.2) is 4.39 Å². The maximum atomic E-state index is 14.6. The van der Waals surface area contributed by atoms with E-state index in [1.54, 1.807) is 16.8 Å². The average molecular weight is 524 g/mol. The molecule has 1 saturated carbocycles. The van der Waals surface area contributed by atoms with Crippen LogP contribution in [0, 0.1) is 30.5 Å². The first-order valence-corrected chi connectivity index (χ1v) is 12.5. The van der Waals surface area contributed by atoms with Gasteiger partial charge < -0.3 is 10.1 Å². The zero-order valence-corrected chi connectivity index (χ0v) is 21.1. The van der Waals surface area contributed by atoms with Crippen LogP contribution in [0.3, 0.4) is 0 Å². The van der Waals surface area contributed by atoms with Crippen molar-refractivity contribution >= 4 is 39.7 Å². The molecule has 0 unspecified atom stereocenters. The second-order valence-corrected chi connectivity index (χ2v) is 9.64. The summed E-state index contributed by atoms with van der Waals surface area (Å²) >= 11 is 6.26. The van der Waals surface area contributed by atoms with Crippen molar-refractivity contribution in [2.24, 2.45) is 5.92 Å². The first kappa shape index (κ1) is 23.8. The van der Waals surface area contributed by atoms with Gasteiger partial charge in [-0.15, -0.1) is 4.57 Å². The maximum absolute atomic E-state index is 14.6. The molecule has 8 heteroatoms. The average Bonchev–Trinajstić information content (AvgIpc) is 3.65. The summed E-state index contributed by atoms with van der Waals surface area (Å²) < 4.78 is 21.4. The van der Waals surface area contributed by atoms with Gasteiger partial charge in [0, 0.05) is 23.2 Å². The Kier molecular flexibility index (Phi) is 6.07. The van der Waals surface area contributed by atoms with Gasteiger partial charge in [-0.1, -0.05) is 34.8 Å². The van der Waals surface area contributed by atoms with Crippen molar-refractivity contribution in [3.8, 4) is 16.9 Å². The number of carbonyl (C=O) groups is 1. The van der Waals surface area contributed by atoms with Crippen LogP contribution in [0.1, 0.15) is 28.8 Å². The van der Waals surface area contributed by atoms with E-state index in [-0.39, 0.29) is 22.5 Å². The van der Waals surface area contributed by atoms with Gasteiger partial charge in [-0.3, -0.25) is 9.78 Å². The molecule has 2 heterocycles. The van der Waals surface area contributed by atoms with Crippen LogP contribution >= 0.6 is 11.6 Å². The molecule has 2 aromatic heterocycles. The molecule has 1 aliphatic rings. The third-order valence-electron chi connectivity index (χ3n) is 6.59. The van der Waals surface area contributed by atoms with Gasteiger partial charge in [0.15, 0.2) is 23.5 Å². The zero-order chi connectivity index (χ0) is 26.2. The molecular weight excluding hydrogens is 503 g/mol. The topological polar surface area (TPSA) is 70.2 Å². The molecule has 0 atom stereocenters. The number of aromatic nitrogens is 3. The summed E-state index contributed by atoms with van der Waals surface area (Å²) in [6, 6.07) is 16.6. The number of pyridine rings is 1. The highest BCUT2D eigenvalue weighted by Crippen LogP contribution is 2.39. The number of fused-ring (bicyclic) bond motifs is 1. The molecule has 0 spiro atoms. The highest BCUT2D eigenvalue weighted by atomic mass is 35.5. The van der Waals surface area contributed by atoms with Gasteiger partial charge in [-0.2, -0.15) is 0 Å². The SMILES string of the molecule is COc1c(F)cc(-c2ccc3ncc(C(=O)C4CC4)c(Nc4ccc(Cn5c#c[n+]#c5)cc4)c3c2)cc1Cl. The fraction of sp³-hybridized carbons (Fsp3) is 0.167. The lowest BCUT2D eigenvalue weighted by atomic mass is 9.98. The molecule has 0 amide bonds. The van der Waals surface area contributed by atoms with E-state index in [4.69, 9.17) is 16.3 Å². The number of halogens is 2. The highest BCUT2D eigenvalue weighted by Gasteiger charge is 2.32. The van der Waals surface area contributed by atoms with Crippen LogP contribution in [0.2, 0.25) is 5.02 Å². The Morgan fingerprint density at radius 1 is 1.18 bits per heavy atom. The molecule has 6 nitrogen and oxygen atoms in total. The van der Waals surface area contributed by atoms with E-state index in [1.807, 2.05) is 42.5 Å². The minimum atomic E-state index is -0.548. The van der Waals surface area contributed by atoms with Crippen molar-refractivity contribution < 1.29 is 18.9 Å². The molecule has 0 saturated heterocycles. The third kappa shape index (κ3) is 4.61. The van der Waals surface area contributed by atoms with E-state index in [0.29, 0.717) is 28.9 Å². The van der Waals surface area contributed by atoms with Crippen LogP contribution in [-0.4, -0.2) is 22.4 Å². The maximum Gasteiger partial charge on any atom is 0.404 e. The highest BCUT2D eigenvalue weighted by molar-refractivity contribution is 6.32. The van der Waals surface area contributed by atoms with Crippen LogP contribution < -0.4 is 15.0 Å². The lowest BCUT2D eigenvalue weighted by Gasteiger charge is -2.16. The van der Waals surface area contributed by atoms with Crippen molar-refractivity contribution in [1.29, 1.82) is 0 Å². The molecule has 3 aromatic carbocycles. The number of hydrogen-bond acceptors (Lipinski definition) is 4. The second kappa shape index (κ2) is 9.70. The number of nitrogens with zero attached hydrogens (tertiary/aromatic N) is 3. The summed E-state index contributed by atoms with van der Waals surface area (Å²) in [4.78, 5) is 21.6. The van der Waals surface area contributed by atoms with E-state index >= 15 is 0 Å². The van der Waals surface area contributed by atoms with Crippen LogP contribution in [-0.2, 0) is 6.54 Å². The number of nitrogens with one attached hydrogen (secondary N) is 1. The van der Waals surface area contributed by atoms with Crippen LogP contribution in [0.25, 0.3) is 22.0 Å². The lowest BCUT2D eigenvalue weighted by molar-refractivity contribution is -0.294. The molecular formula is C30H21ClFN4O2+. The molecule has 186 valence electrons. The van der Waals surface area contributed by atoms with E-state index in [1.165, 1.54) is 13.2 Å². The van der Waals surface area contributed by atoms with Crippen LogP contribution in [0.4, 0.5) is 15.8 Å². The molecule has 0 bridgehead atoms. The quantitative estimate of drug-likeness (QED) is 0.257. The molecule has 1 fully saturated rings. The molecule has 38 heavy (non-hydrogen) atoms. The molecule has 5 aromatic rings. The monoisotopic (exact) mass is 523 g/mol. The smallest absolute Gasteiger partial charge is 0.404 e. The standard InChI is InChI=1S/C30H20ClFN4O2/c1-38-30-25(31)13-21(14-26(30)32)20-6-9-27-23(12-20)28(24(15-34-27)29(37)19-4-5-19)35-22-7-2-18(3-8-22)16-36-11-10-33-17-36/h2-3,6-9,12-15,19H,4-5,16H2,1H3/p+1. The number of carbonyl (C=O) groups excluding carboxylic acids is 1. The molecule has 1 N–H and O–H groups in total. The normalized spacial score (nSPS) is 12.6. The number of benzene rings is 3. The summed E-state index contributed by atoms with van der Waals surface area (Å²) in [7, 11) is 1.38. The zero-order valence-electron chi connectivity index (χ0n) is 20.4. The number of anilines is 2. The van der Waals surface area contributed by atoms with E-state index in [2.05, 4.69) is 34.0 Å². The predicted molar refractivity (Wildman–Crippen MR) is 141 cm³/mol. The van der Waals surface area contributed by atoms with Crippen molar-refractivity contribution in [3.05, 3.63) is 101 Å². The Labute approximate surface area is 224 Å². The van der Waals surface area contributed by atoms with Crippen molar-refractivity contribution in [2.75, 3.05) is 12.4 Å². The van der Waals surface area contributed by atoms with Crippen LogP contribution in [0.5, 0.6) is 5.75 Å². The van der Waals surface area contributed by atoms with Crippen molar-refractivity contribution in [2.45, 2.75) is 19.4 Å². The molecule has 0 aliphatic heterocycles. The van der Waals surface area contributed by atoms with Gasteiger partial charge in [0.2, 0.25) is 0 Å². The number of ether oxygens (including phenoxy) is 1. The third-order valence-corrected chi connectivity index (χ3v) is 6.87. The largest absolute Gasteiger partial charge is 0.492 e. The summed E-state index contributed by atoms with van der Waals surface area (Å²) in [6.07, 6.45) is 11.7. The van der Waals surface area contributed by atoms with Gasteiger partial charge in [0.25, 0.3) is 6.20 Å². The molecule has 6 rings (SSSR count). The Hall–Kier alpha value is -4.59. The Balaban J connectivity index is 1.41. The fourth-order valence-corrected chi connectivity index (χ4v) is 4.76. The number of rotatable bonds is 8. The summed E-state index contributed by atoms with van der Waals surface area (Å²) in [5.74, 6) is -0.449. The summed E-state index contributed by atoms with van der Waals surface area (Å²) in [6.45, 7) is 0.574. The first-order chi connectivity index (χ1) is 18.5. The minimum absolute atomic E-state index is 0.00272. The number of ketones is 1. The van der Waals surface area contributed by atoms with Gasteiger partial charge in [0.05, 0.1) is 28.9 Å². The Morgan fingerprint density at radius 3 is 2.68 bits per heavy atom. The predicted octanol–water partition coefficient (Wildman–Crippen LogP) is 5.89. The molecule has 1 aliphatic carbocycles. The van der Waals surface area contributed by atoms with Crippen molar-refractivity contribution in [1.82, 2.24) is 9.55 Å². The lowest BCUT2D eigenvalue weighted by Crippen LogP contribution is -2.07. The van der Waals surface area contributed by atoms with Gasteiger partial charge in [0.1, 0.15) is 6.54 Å².